The molecule has 8 nitrogen and oxygen atoms in total. The summed E-state index contributed by atoms with van der Waals surface area (Å²) in [5.74, 6) is -8.27. The van der Waals surface area contributed by atoms with Gasteiger partial charge in [0.1, 0.15) is 0 Å². The highest BCUT2D eigenvalue weighted by Gasteiger charge is 2.63. The minimum atomic E-state index is -4.73. The van der Waals surface area contributed by atoms with Gasteiger partial charge in [0.2, 0.25) is 6.54 Å². The lowest BCUT2D eigenvalue weighted by molar-refractivity contribution is -0.605. The molecule has 1 aromatic carbocycles. The fraction of sp³-hybridized carbons (Fsp3) is 0.462. The average molecular weight is 368 g/mol. The first-order valence-corrected chi connectivity index (χ1v) is 6.74. The highest BCUT2D eigenvalue weighted by atomic mass is 19.4. The summed E-state index contributed by atoms with van der Waals surface area (Å²) >= 11 is 0. The molecule has 0 bridgehead atoms. The van der Waals surface area contributed by atoms with Gasteiger partial charge in [-0.15, -0.1) is 0 Å². The fourth-order valence-corrected chi connectivity index (χ4v) is 2.08. The summed E-state index contributed by atoms with van der Waals surface area (Å²) in [6.07, 6.45) is -4.73. The summed E-state index contributed by atoms with van der Waals surface area (Å²) < 4.78 is 56.8. The molecule has 0 fully saturated rings. The van der Waals surface area contributed by atoms with Crippen LogP contribution in [-0.2, 0) is 15.7 Å². The van der Waals surface area contributed by atoms with E-state index in [0.29, 0.717) is 24.3 Å². The molecule has 25 heavy (non-hydrogen) atoms. The van der Waals surface area contributed by atoms with Crippen LogP contribution in [0.2, 0.25) is 0 Å². The van der Waals surface area contributed by atoms with Crippen molar-refractivity contribution >= 4 is 5.97 Å². The number of nitrogens with zero attached hydrogens (tertiary/aromatic N) is 2. The minimum Gasteiger partial charge on any atom is -0.458 e. The van der Waals surface area contributed by atoms with Gasteiger partial charge in [0.15, 0.2) is 5.92 Å². The first kappa shape index (κ1) is 20.3. The average Bonchev–Trinajstić information content (AvgIpc) is 2.51. The monoisotopic (exact) mass is 368 g/mol. The molecule has 0 spiro atoms. The molecule has 1 aromatic rings. The molecule has 2 atom stereocenters. The minimum absolute atomic E-state index is 0.434. The van der Waals surface area contributed by atoms with Crippen LogP contribution < -0.4 is 0 Å². The lowest BCUT2D eigenvalue weighted by Gasteiger charge is -2.22. The smallest absolute Gasteiger partial charge is 0.458 e. The molecule has 0 radical (unpaired) electrons. The number of benzene rings is 1. The summed E-state index contributed by atoms with van der Waals surface area (Å²) in [7, 11) is 0. The Labute approximate surface area is 137 Å². The predicted octanol–water partition coefficient (Wildman–Crippen LogP) is 2.57. The summed E-state index contributed by atoms with van der Waals surface area (Å²) in [5.41, 5.74) is -1.66. The largest absolute Gasteiger partial charge is 0.467 e. The van der Waals surface area contributed by atoms with E-state index in [4.69, 9.17) is 0 Å². The Morgan fingerprint density at radius 2 is 1.68 bits per heavy atom. The maximum atomic E-state index is 14.8. The molecule has 1 rings (SSSR count). The van der Waals surface area contributed by atoms with Gasteiger partial charge >= 0.3 is 17.9 Å². The second-order valence-electron chi connectivity index (χ2n) is 4.84. The Morgan fingerprint density at radius 1 is 1.16 bits per heavy atom. The van der Waals surface area contributed by atoms with Gasteiger partial charge in [0.25, 0.3) is 0 Å². The molecular weight excluding hydrogens is 356 g/mol. The molecule has 0 heterocycles. The quantitative estimate of drug-likeness (QED) is 0.240. The van der Waals surface area contributed by atoms with Crippen LogP contribution in [-0.4, -0.2) is 34.8 Å². The first-order chi connectivity index (χ1) is 11.4. The van der Waals surface area contributed by atoms with E-state index in [2.05, 4.69) is 4.74 Å². The van der Waals surface area contributed by atoms with E-state index in [9.17, 15) is 42.6 Å². The van der Waals surface area contributed by atoms with Crippen molar-refractivity contribution in [3.8, 4) is 0 Å². The van der Waals surface area contributed by atoms with E-state index < -0.39 is 58.0 Å². The third-order valence-corrected chi connectivity index (χ3v) is 3.26. The van der Waals surface area contributed by atoms with Crippen LogP contribution in [0.25, 0.3) is 0 Å². The number of alkyl halides is 4. The van der Waals surface area contributed by atoms with Crippen LogP contribution in [0.4, 0.5) is 17.6 Å². The predicted molar refractivity (Wildman–Crippen MR) is 73.5 cm³/mol. The number of rotatable bonds is 7. The van der Waals surface area contributed by atoms with Gasteiger partial charge in [-0.3, -0.25) is 20.2 Å². The standard InChI is InChI=1S/C13H12F4N2O6/c1-2-25-11(20)12(14,19(23)24)10(7-18(21)22)8-3-5-9(6-4-8)13(15,16)17/h3-6,10H,2,7H2,1H3. The Morgan fingerprint density at radius 3 is 2.04 bits per heavy atom. The van der Waals surface area contributed by atoms with Crippen LogP contribution in [0.5, 0.6) is 0 Å². The van der Waals surface area contributed by atoms with E-state index >= 15 is 0 Å². The highest BCUT2D eigenvalue weighted by molar-refractivity contribution is 5.79. The molecule has 0 aliphatic carbocycles. The summed E-state index contributed by atoms with van der Waals surface area (Å²) in [6, 6.07) is 2.25. The highest BCUT2D eigenvalue weighted by Crippen LogP contribution is 2.36. The third-order valence-electron chi connectivity index (χ3n) is 3.26. The van der Waals surface area contributed by atoms with E-state index in [1.54, 1.807) is 0 Å². The van der Waals surface area contributed by atoms with E-state index in [-0.39, 0.29) is 0 Å². The molecule has 0 aliphatic rings. The van der Waals surface area contributed by atoms with Crippen molar-refractivity contribution in [3.05, 3.63) is 55.6 Å². The van der Waals surface area contributed by atoms with Gasteiger partial charge in [-0.2, -0.15) is 17.6 Å². The molecule has 138 valence electrons. The normalized spacial score (nSPS) is 15.1. The maximum absolute atomic E-state index is 14.8. The first-order valence-electron chi connectivity index (χ1n) is 6.74. The van der Waals surface area contributed by atoms with E-state index in [1.807, 2.05) is 0 Å². The van der Waals surface area contributed by atoms with Gasteiger partial charge in [-0.25, -0.2) is 4.79 Å². The Kier molecular flexibility index (Phi) is 6.00. The number of hydrogen-bond acceptors (Lipinski definition) is 6. The molecule has 2 unspecified atom stereocenters. The zero-order valence-electron chi connectivity index (χ0n) is 12.7. The number of hydrogen-bond donors (Lipinski definition) is 0. The van der Waals surface area contributed by atoms with Gasteiger partial charge in [-0.05, 0) is 24.6 Å². The van der Waals surface area contributed by atoms with Gasteiger partial charge in [0, 0.05) is 4.92 Å². The van der Waals surface area contributed by atoms with Gasteiger partial charge < -0.3 is 4.74 Å². The summed E-state index contributed by atoms with van der Waals surface area (Å²) in [6.45, 7) is -0.600. The van der Waals surface area contributed by atoms with Crippen LogP contribution in [0.1, 0.15) is 24.0 Å². The van der Waals surface area contributed by atoms with Crippen LogP contribution >= 0.6 is 0 Å². The molecule has 0 saturated heterocycles. The molecule has 0 aliphatic heterocycles. The molecule has 0 saturated carbocycles. The number of halogens is 4. The number of carbonyl (C=O) groups is 1. The Balaban J connectivity index is 3.42. The zero-order valence-corrected chi connectivity index (χ0v) is 12.7. The van der Waals surface area contributed by atoms with Crippen molar-refractivity contribution in [1.82, 2.24) is 0 Å². The lowest BCUT2D eigenvalue weighted by atomic mass is 9.89. The zero-order chi connectivity index (χ0) is 19.4. The van der Waals surface area contributed by atoms with Crippen molar-refractivity contribution in [2.75, 3.05) is 13.2 Å². The SMILES string of the molecule is CCOC(=O)C(F)(C(C[N+](=O)[O-])c1ccc(C(F)(F)F)cc1)[N+](=O)[O-]. The topological polar surface area (TPSA) is 113 Å². The van der Waals surface area contributed by atoms with E-state index in [1.165, 1.54) is 6.92 Å². The van der Waals surface area contributed by atoms with Crippen LogP contribution in [0, 0.1) is 20.2 Å². The number of carbonyl (C=O) groups excluding carboxylic acids is 1. The fourth-order valence-electron chi connectivity index (χ4n) is 2.08. The van der Waals surface area contributed by atoms with Crippen LogP contribution in [0.15, 0.2) is 24.3 Å². The van der Waals surface area contributed by atoms with Crippen LogP contribution in [0.3, 0.4) is 0 Å². The second-order valence-corrected chi connectivity index (χ2v) is 4.84. The Hall–Kier alpha value is -2.79. The Bertz CT molecular complexity index is 663. The molecule has 0 amide bonds. The van der Waals surface area contributed by atoms with Crippen molar-refractivity contribution in [2.24, 2.45) is 0 Å². The van der Waals surface area contributed by atoms with Gasteiger partial charge in [0.05, 0.1) is 17.1 Å². The second kappa shape index (κ2) is 7.40. The molecule has 12 heteroatoms. The number of ether oxygens (including phenoxy) is 1. The lowest BCUT2D eigenvalue weighted by Crippen LogP contribution is -2.50. The molecular formula is C13H12F4N2O6. The van der Waals surface area contributed by atoms with Crippen molar-refractivity contribution < 1.29 is 36.9 Å². The maximum Gasteiger partial charge on any atom is 0.467 e. The summed E-state index contributed by atoms with van der Waals surface area (Å²) in [5, 5.41) is 21.8. The van der Waals surface area contributed by atoms with Crippen molar-refractivity contribution in [3.63, 3.8) is 0 Å². The third kappa shape index (κ3) is 4.39. The molecule has 0 aromatic heterocycles. The van der Waals surface area contributed by atoms with Crippen molar-refractivity contribution in [2.45, 2.75) is 24.8 Å². The molecule has 0 N–H and O–H groups in total. The number of nitro groups is 2. The number of esters is 1. The van der Waals surface area contributed by atoms with Crippen molar-refractivity contribution in [1.29, 1.82) is 0 Å². The van der Waals surface area contributed by atoms with Gasteiger partial charge in [-0.1, -0.05) is 12.1 Å². The summed E-state index contributed by atoms with van der Waals surface area (Å²) in [4.78, 5) is 30.7. The van der Waals surface area contributed by atoms with E-state index in [0.717, 1.165) is 0 Å².